The molecule has 3 heteroatoms. The molecule has 0 fully saturated rings. The molecule has 2 aromatic rings. The number of halogens is 1. The smallest absolute Gasteiger partial charge is 0.150 e. The van der Waals surface area contributed by atoms with Gasteiger partial charge in [-0.1, -0.05) is 29.8 Å². The molecular weight excluding hydrogens is 222 g/mol. The second-order valence-corrected chi connectivity index (χ2v) is 3.93. The number of aromatic nitrogens is 1. The summed E-state index contributed by atoms with van der Waals surface area (Å²) in [6.07, 6.45) is 2.54. The lowest BCUT2D eigenvalue weighted by Gasteiger charge is -2.04. The van der Waals surface area contributed by atoms with Gasteiger partial charge in [-0.3, -0.25) is 4.79 Å². The van der Waals surface area contributed by atoms with Gasteiger partial charge in [-0.05, 0) is 30.2 Å². The monoisotopic (exact) mass is 231 g/mol. The van der Waals surface area contributed by atoms with Crippen LogP contribution in [0.3, 0.4) is 0 Å². The number of carbonyl (C=O) groups excluding carboxylic acids is 1. The van der Waals surface area contributed by atoms with Crippen LogP contribution in [0.15, 0.2) is 36.5 Å². The average Bonchev–Trinajstić information content (AvgIpc) is 2.33. The molecule has 0 N–H and O–H groups in total. The van der Waals surface area contributed by atoms with E-state index < -0.39 is 0 Å². The Bertz CT molecular complexity index is 537. The highest BCUT2D eigenvalue weighted by atomic mass is 35.5. The van der Waals surface area contributed by atoms with Gasteiger partial charge in [-0.25, -0.2) is 4.98 Å². The summed E-state index contributed by atoms with van der Waals surface area (Å²) in [5.74, 6) is 0. The number of pyridine rings is 1. The topological polar surface area (TPSA) is 30.0 Å². The minimum Gasteiger partial charge on any atom is -0.298 e. The molecule has 0 aliphatic rings. The fraction of sp³-hybridized carbons (Fsp3) is 0.0769. The van der Waals surface area contributed by atoms with Crippen LogP contribution in [0.2, 0.25) is 5.15 Å². The van der Waals surface area contributed by atoms with E-state index in [1.54, 1.807) is 12.3 Å². The van der Waals surface area contributed by atoms with Crippen LogP contribution in [0.4, 0.5) is 0 Å². The second-order valence-electron chi connectivity index (χ2n) is 3.58. The lowest BCUT2D eigenvalue weighted by Crippen LogP contribution is -1.86. The van der Waals surface area contributed by atoms with Gasteiger partial charge in [-0.2, -0.15) is 0 Å². The van der Waals surface area contributed by atoms with Gasteiger partial charge in [0.05, 0.1) is 0 Å². The van der Waals surface area contributed by atoms with E-state index in [1.807, 2.05) is 31.2 Å². The SMILES string of the molecule is Cc1cc(-c2cccc(C=O)c2)cnc1Cl. The van der Waals surface area contributed by atoms with Crippen LogP contribution in [-0.2, 0) is 0 Å². The van der Waals surface area contributed by atoms with Crippen LogP contribution < -0.4 is 0 Å². The van der Waals surface area contributed by atoms with E-state index in [9.17, 15) is 4.79 Å². The molecule has 0 bridgehead atoms. The van der Waals surface area contributed by atoms with E-state index in [2.05, 4.69) is 4.98 Å². The summed E-state index contributed by atoms with van der Waals surface area (Å²) in [6.45, 7) is 1.91. The highest BCUT2D eigenvalue weighted by Crippen LogP contribution is 2.23. The zero-order valence-electron chi connectivity index (χ0n) is 8.77. The fourth-order valence-electron chi connectivity index (χ4n) is 1.51. The first-order valence-corrected chi connectivity index (χ1v) is 5.26. The second kappa shape index (κ2) is 4.45. The number of carbonyl (C=O) groups is 1. The zero-order chi connectivity index (χ0) is 11.5. The predicted molar refractivity (Wildman–Crippen MR) is 64.8 cm³/mol. The maximum Gasteiger partial charge on any atom is 0.150 e. The van der Waals surface area contributed by atoms with E-state index in [1.165, 1.54) is 0 Å². The van der Waals surface area contributed by atoms with Crippen molar-refractivity contribution in [3.05, 3.63) is 52.8 Å². The Hall–Kier alpha value is -1.67. The van der Waals surface area contributed by atoms with Crippen molar-refractivity contribution in [2.24, 2.45) is 0 Å². The van der Waals surface area contributed by atoms with Gasteiger partial charge in [0.1, 0.15) is 11.4 Å². The van der Waals surface area contributed by atoms with Crippen LogP contribution in [0, 0.1) is 6.92 Å². The first-order valence-electron chi connectivity index (χ1n) is 4.88. The average molecular weight is 232 g/mol. The Morgan fingerprint density at radius 1 is 1.25 bits per heavy atom. The molecule has 0 saturated heterocycles. The van der Waals surface area contributed by atoms with Crippen LogP contribution in [0.25, 0.3) is 11.1 Å². The van der Waals surface area contributed by atoms with Gasteiger partial charge in [0.2, 0.25) is 0 Å². The molecule has 80 valence electrons. The third-order valence-corrected chi connectivity index (χ3v) is 2.77. The minimum absolute atomic E-state index is 0.510. The molecule has 0 amide bonds. The van der Waals surface area contributed by atoms with E-state index >= 15 is 0 Å². The van der Waals surface area contributed by atoms with E-state index in [-0.39, 0.29) is 0 Å². The molecule has 2 rings (SSSR count). The molecule has 0 unspecified atom stereocenters. The number of aldehydes is 1. The van der Waals surface area contributed by atoms with E-state index in [4.69, 9.17) is 11.6 Å². The largest absolute Gasteiger partial charge is 0.298 e. The number of hydrogen-bond acceptors (Lipinski definition) is 2. The van der Waals surface area contributed by atoms with Crippen molar-refractivity contribution in [3.8, 4) is 11.1 Å². The van der Waals surface area contributed by atoms with Crippen LogP contribution in [-0.4, -0.2) is 11.3 Å². The van der Waals surface area contributed by atoms with Gasteiger partial charge in [0.25, 0.3) is 0 Å². The normalized spacial score (nSPS) is 10.1. The van der Waals surface area contributed by atoms with Crippen LogP contribution in [0.5, 0.6) is 0 Å². The maximum atomic E-state index is 10.7. The summed E-state index contributed by atoms with van der Waals surface area (Å²) in [5, 5.41) is 0.510. The van der Waals surface area contributed by atoms with Gasteiger partial charge >= 0.3 is 0 Å². The summed E-state index contributed by atoms with van der Waals surface area (Å²) in [5.41, 5.74) is 3.52. The molecule has 0 spiro atoms. The third-order valence-electron chi connectivity index (χ3n) is 2.37. The Morgan fingerprint density at radius 3 is 2.75 bits per heavy atom. The summed E-state index contributed by atoms with van der Waals surface area (Å²) < 4.78 is 0. The molecule has 0 aliphatic heterocycles. The first kappa shape index (κ1) is 10.8. The molecule has 0 atom stereocenters. The molecular formula is C13H10ClNO. The lowest BCUT2D eigenvalue weighted by atomic mass is 10.0. The fourth-order valence-corrected chi connectivity index (χ4v) is 1.61. The maximum absolute atomic E-state index is 10.7. The van der Waals surface area contributed by atoms with Crippen molar-refractivity contribution in [1.82, 2.24) is 4.98 Å². The molecule has 0 saturated carbocycles. The van der Waals surface area contributed by atoms with E-state index in [0.717, 1.165) is 23.0 Å². The Morgan fingerprint density at radius 2 is 2.06 bits per heavy atom. The minimum atomic E-state index is 0.510. The van der Waals surface area contributed by atoms with Crippen molar-refractivity contribution in [2.45, 2.75) is 6.92 Å². The van der Waals surface area contributed by atoms with Crippen molar-refractivity contribution < 1.29 is 4.79 Å². The van der Waals surface area contributed by atoms with Crippen molar-refractivity contribution >= 4 is 17.9 Å². The molecule has 0 aliphatic carbocycles. The van der Waals surface area contributed by atoms with Gasteiger partial charge in [0, 0.05) is 17.3 Å². The number of nitrogens with zero attached hydrogens (tertiary/aromatic N) is 1. The predicted octanol–water partition coefficient (Wildman–Crippen LogP) is 3.52. The van der Waals surface area contributed by atoms with E-state index in [0.29, 0.717) is 10.7 Å². The lowest BCUT2D eigenvalue weighted by molar-refractivity contribution is 0.112. The van der Waals surface area contributed by atoms with Crippen LogP contribution >= 0.6 is 11.6 Å². The van der Waals surface area contributed by atoms with Crippen molar-refractivity contribution in [2.75, 3.05) is 0 Å². The van der Waals surface area contributed by atoms with Crippen molar-refractivity contribution in [1.29, 1.82) is 0 Å². The number of aryl methyl sites for hydroxylation is 1. The molecule has 1 heterocycles. The quantitative estimate of drug-likeness (QED) is 0.585. The molecule has 0 radical (unpaired) electrons. The zero-order valence-corrected chi connectivity index (χ0v) is 9.53. The number of hydrogen-bond donors (Lipinski definition) is 0. The molecule has 2 nitrogen and oxygen atoms in total. The summed E-state index contributed by atoms with van der Waals surface area (Å²) >= 11 is 5.86. The third kappa shape index (κ3) is 2.12. The number of rotatable bonds is 2. The molecule has 16 heavy (non-hydrogen) atoms. The van der Waals surface area contributed by atoms with Gasteiger partial charge < -0.3 is 0 Å². The van der Waals surface area contributed by atoms with Crippen LogP contribution in [0.1, 0.15) is 15.9 Å². The summed E-state index contributed by atoms with van der Waals surface area (Å²) in [6, 6.07) is 9.35. The highest BCUT2D eigenvalue weighted by molar-refractivity contribution is 6.30. The van der Waals surface area contributed by atoms with Gasteiger partial charge in [0.15, 0.2) is 0 Å². The Balaban J connectivity index is 2.49. The molecule has 1 aromatic carbocycles. The Kier molecular flexibility index (Phi) is 3.02. The van der Waals surface area contributed by atoms with Gasteiger partial charge in [-0.15, -0.1) is 0 Å². The molecule has 1 aromatic heterocycles. The highest BCUT2D eigenvalue weighted by Gasteiger charge is 2.02. The first-order chi connectivity index (χ1) is 7.70. The number of benzene rings is 1. The van der Waals surface area contributed by atoms with Crippen molar-refractivity contribution in [3.63, 3.8) is 0 Å². The standard InChI is InChI=1S/C13H10ClNO/c1-9-5-12(7-15-13(9)14)11-4-2-3-10(6-11)8-16/h2-8H,1H3. The summed E-state index contributed by atoms with van der Waals surface area (Å²) in [4.78, 5) is 14.8. The summed E-state index contributed by atoms with van der Waals surface area (Å²) in [7, 11) is 0. The Labute approximate surface area is 98.9 Å².